The van der Waals surface area contributed by atoms with Crippen LogP contribution in [0.4, 0.5) is 10.5 Å². The summed E-state index contributed by atoms with van der Waals surface area (Å²) in [5.74, 6) is 7.30. The predicted octanol–water partition coefficient (Wildman–Crippen LogP) is 4.68. The van der Waals surface area contributed by atoms with Crippen LogP contribution in [-0.4, -0.2) is 64.7 Å². The Labute approximate surface area is 218 Å². The van der Waals surface area contributed by atoms with Crippen LogP contribution in [0.25, 0.3) is 0 Å². The van der Waals surface area contributed by atoms with Gasteiger partial charge in [0, 0.05) is 43.2 Å². The fourth-order valence-electron chi connectivity index (χ4n) is 5.22. The number of amides is 2. The van der Waals surface area contributed by atoms with E-state index in [4.69, 9.17) is 4.74 Å². The molecule has 2 N–H and O–H groups in total. The molecule has 0 radical (unpaired) electrons. The summed E-state index contributed by atoms with van der Waals surface area (Å²) in [6.07, 6.45) is 3.67. The quantitative estimate of drug-likeness (QED) is 0.513. The van der Waals surface area contributed by atoms with Crippen LogP contribution in [0, 0.1) is 11.8 Å². The van der Waals surface area contributed by atoms with Crippen LogP contribution in [0.3, 0.4) is 0 Å². The third-order valence-corrected chi connectivity index (χ3v) is 7.09. The average molecular weight is 497 g/mol. The number of nitrogens with one attached hydrogen (secondary N) is 1. The van der Waals surface area contributed by atoms with Gasteiger partial charge in [-0.05, 0) is 62.2 Å². The molecular weight excluding hydrogens is 464 g/mol. The monoisotopic (exact) mass is 496 g/mol. The van der Waals surface area contributed by atoms with E-state index in [-0.39, 0.29) is 17.8 Å². The van der Waals surface area contributed by atoms with E-state index < -0.39 is 0 Å². The van der Waals surface area contributed by atoms with Crippen LogP contribution in [-0.2, 0) is 0 Å². The molecule has 3 aromatic rings. The number of rotatable bonds is 4. The number of phenols is 1. The Balaban J connectivity index is 1.25. The lowest BCUT2D eigenvalue weighted by Gasteiger charge is -2.30. The van der Waals surface area contributed by atoms with Crippen molar-refractivity contribution in [3.05, 3.63) is 83.6 Å². The van der Waals surface area contributed by atoms with Crippen LogP contribution >= 0.6 is 0 Å². The van der Waals surface area contributed by atoms with Crippen LogP contribution in [0.1, 0.15) is 42.4 Å². The third-order valence-electron chi connectivity index (χ3n) is 7.09. The second kappa shape index (κ2) is 11.4. The summed E-state index contributed by atoms with van der Waals surface area (Å²) in [4.78, 5) is 21.8. The maximum atomic E-state index is 13.1. The van der Waals surface area contributed by atoms with Crippen molar-refractivity contribution in [3.8, 4) is 23.5 Å². The lowest BCUT2D eigenvalue weighted by atomic mass is 9.91. The molecule has 190 valence electrons. The number of anilines is 1. The van der Waals surface area contributed by atoms with Crippen LogP contribution in [0.15, 0.2) is 66.9 Å². The molecule has 7 heteroatoms. The van der Waals surface area contributed by atoms with Gasteiger partial charge in [-0.1, -0.05) is 36.1 Å². The first-order valence-corrected chi connectivity index (χ1v) is 12.9. The number of carbonyl (C=O) groups is 1. The van der Waals surface area contributed by atoms with E-state index in [0.717, 1.165) is 38.0 Å². The van der Waals surface area contributed by atoms with E-state index in [2.05, 4.69) is 39.2 Å². The Morgan fingerprint density at radius 2 is 1.92 bits per heavy atom. The number of phenolic OH excluding ortho intramolecular Hbond substituents is 1. The number of urea groups is 1. The molecule has 2 amide bonds. The number of ether oxygens (including phenoxy) is 1. The van der Waals surface area contributed by atoms with Crippen molar-refractivity contribution in [1.82, 2.24) is 14.8 Å². The number of aromatic nitrogens is 1. The predicted molar refractivity (Wildman–Crippen MR) is 144 cm³/mol. The first kappa shape index (κ1) is 24.7. The van der Waals surface area contributed by atoms with Gasteiger partial charge >= 0.3 is 6.03 Å². The van der Waals surface area contributed by atoms with Gasteiger partial charge < -0.3 is 20.1 Å². The number of fused-ring (bicyclic) bond motifs is 1. The van der Waals surface area contributed by atoms with Crippen molar-refractivity contribution < 1.29 is 14.6 Å². The molecule has 5 rings (SSSR count). The SMILES string of the molecule is CCOc1ccc(NC(=O)N2CCCN3CC[C@H](c4ccc(C#Cc5ccccc5O)cc4)[C@@H]3C2)cn1. The van der Waals surface area contributed by atoms with Gasteiger partial charge in [0.25, 0.3) is 0 Å². The maximum absolute atomic E-state index is 13.1. The van der Waals surface area contributed by atoms with E-state index in [9.17, 15) is 9.90 Å². The summed E-state index contributed by atoms with van der Waals surface area (Å²) in [5.41, 5.74) is 3.47. The summed E-state index contributed by atoms with van der Waals surface area (Å²) < 4.78 is 5.39. The summed E-state index contributed by atoms with van der Waals surface area (Å²) in [5, 5.41) is 12.9. The smallest absolute Gasteiger partial charge is 0.321 e. The second-order valence-electron chi connectivity index (χ2n) is 9.44. The lowest BCUT2D eigenvalue weighted by Crippen LogP contribution is -2.43. The molecule has 0 spiro atoms. The number of benzene rings is 2. The van der Waals surface area contributed by atoms with E-state index in [1.165, 1.54) is 5.56 Å². The Bertz CT molecular complexity index is 1280. The van der Waals surface area contributed by atoms with E-state index in [1.807, 2.05) is 42.2 Å². The Hall–Kier alpha value is -4.02. The number of para-hydroxylation sites is 1. The van der Waals surface area contributed by atoms with Crippen molar-refractivity contribution >= 4 is 11.7 Å². The number of hydrogen-bond acceptors (Lipinski definition) is 5. The zero-order chi connectivity index (χ0) is 25.6. The highest BCUT2D eigenvalue weighted by Gasteiger charge is 2.38. The Morgan fingerprint density at radius 1 is 1.08 bits per heavy atom. The molecule has 7 nitrogen and oxygen atoms in total. The molecule has 2 aliphatic rings. The van der Waals surface area contributed by atoms with Crippen molar-refractivity contribution in [2.75, 3.05) is 38.1 Å². The van der Waals surface area contributed by atoms with Crippen LogP contribution in [0.5, 0.6) is 11.6 Å². The zero-order valence-electron chi connectivity index (χ0n) is 21.1. The fraction of sp³-hybridized carbons (Fsp3) is 0.333. The fourth-order valence-corrected chi connectivity index (χ4v) is 5.22. The van der Waals surface area contributed by atoms with E-state index in [0.29, 0.717) is 36.2 Å². The molecule has 0 unspecified atom stereocenters. The number of aromatic hydroxyl groups is 1. The van der Waals surface area contributed by atoms with Gasteiger partial charge in [-0.2, -0.15) is 0 Å². The highest BCUT2D eigenvalue weighted by molar-refractivity contribution is 5.89. The Morgan fingerprint density at radius 3 is 2.68 bits per heavy atom. The Kier molecular flexibility index (Phi) is 7.57. The molecule has 2 saturated heterocycles. The molecule has 0 aliphatic carbocycles. The molecule has 2 fully saturated rings. The van der Waals surface area contributed by atoms with Gasteiger partial charge in [-0.15, -0.1) is 0 Å². The maximum Gasteiger partial charge on any atom is 0.321 e. The molecule has 3 heterocycles. The van der Waals surface area contributed by atoms with E-state index >= 15 is 0 Å². The highest BCUT2D eigenvalue weighted by atomic mass is 16.5. The van der Waals surface area contributed by atoms with Gasteiger partial charge in [0.05, 0.1) is 24.1 Å². The zero-order valence-corrected chi connectivity index (χ0v) is 21.1. The average Bonchev–Trinajstić information content (AvgIpc) is 3.19. The lowest BCUT2D eigenvalue weighted by molar-refractivity contribution is 0.197. The van der Waals surface area contributed by atoms with Gasteiger partial charge in [0.2, 0.25) is 5.88 Å². The van der Waals surface area contributed by atoms with Gasteiger partial charge in [-0.25, -0.2) is 9.78 Å². The van der Waals surface area contributed by atoms with Crippen LogP contribution < -0.4 is 10.1 Å². The summed E-state index contributed by atoms with van der Waals surface area (Å²) in [6, 6.07) is 19.3. The number of hydrogen-bond donors (Lipinski definition) is 2. The normalized spacial score (nSPS) is 19.3. The number of pyridine rings is 1. The summed E-state index contributed by atoms with van der Waals surface area (Å²) in [6.45, 7) is 5.94. The van der Waals surface area contributed by atoms with Crippen molar-refractivity contribution in [1.29, 1.82) is 0 Å². The molecule has 2 aliphatic heterocycles. The minimum Gasteiger partial charge on any atom is -0.507 e. The molecule has 1 aromatic heterocycles. The topological polar surface area (TPSA) is 77.9 Å². The summed E-state index contributed by atoms with van der Waals surface area (Å²) >= 11 is 0. The molecule has 0 saturated carbocycles. The standard InChI is InChI=1S/C30H32N4O3/c1-2-37-29-15-14-25(20-31-29)32-30(36)34-18-5-17-33-19-16-26(27(33)21-34)23-11-8-22(9-12-23)10-13-24-6-3-4-7-28(24)35/h3-4,6-9,11-12,14-15,20,26-27,35H,2,5,16-19,21H2,1H3,(H,32,36)/t26-,27+/m1/s1. The van der Waals surface area contributed by atoms with Crippen LogP contribution in [0.2, 0.25) is 0 Å². The molecule has 2 atom stereocenters. The third kappa shape index (κ3) is 5.87. The van der Waals surface area contributed by atoms with Crippen molar-refractivity contribution in [2.24, 2.45) is 0 Å². The molecule has 2 aromatic carbocycles. The number of carbonyl (C=O) groups excluding carboxylic acids is 1. The number of nitrogens with zero attached hydrogens (tertiary/aromatic N) is 3. The second-order valence-corrected chi connectivity index (χ2v) is 9.44. The minimum atomic E-state index is -0.0896. The van der Waals surface area contributed by atoms with Gasteiger partial charge in [-0.3, -0.25) is 4.90 Å². The van der Waals surface area contributed by atoms with Crippen molar-refractivity contribution in [3.63, 3.8) is 0 Å². The molecule has 37 heavy (non-hydrogen) atoms. The minimum absolute atomic E-state index is 0.0896. The highest BCUT2D eigenvalue weighted by Crippen LogP contribution is 2.35. The first-order chi connectivity index (χ1) is 18.1. The van der Waals surface area contributed by atoms with Crippen molar-refractivity contribution in [2.45, 2.75) is 31.7 Å². The molecule has 0 bridgehead atoms. The summed E-state index contributed by atoms with van der Waals surface area (Å²) in [7, 11) is 0. The molecular formula is C30H32N4O3. The first-order valence-electron chi connectivity index (χ1n) is 12.9. The van der Waals surface area contributed by atoms with Gasteiger partial charge in [0.15, 0.2) is 0 Å². The van der Waals surface area contributed by atoms with Gasteiger partial charge in [0.1, 0.15) is 5.75 Å². The van der Waals surface area contributed by atoms with E-state index in [1.54, 1.807) is 24.4 Å². The largest absolute Gasteiger partial charge is 0.507 e.